The molecule has 0 aliphatic carbocycles. The van der Waals surface area contributed by atoms with Crippen LogP contribution >= 0.6 is 0 Å². The summed E-state index contributed by atoms with van der Waals surface area (Å²) in [7, 11) is 0. The van der Waals surface area contributed by atoms with E-state index in [-0.39, 0.29) is 18.4 Å². The molecule has 1 aromatic carbocycles. The van der Waals surface area contributed by atoms with Gasteiger partial charge in [0.1, 0.15) is 0 Å². The number of alkyl halides is 3. The second-order valence-corrected chi connectivity index (χ2v) is 5.54. The van der Waals surface area contributed by atoms with Gasteiger partial charge in [0.2, 0.25) is 0 Å². The number of ether oxygens (including phenoxy) is 1. The minimum absolute atomic E-state index is 0.134. The second kappa shape index (κ2) is 6.42. The lowest BCUT2D eigenvalue weighted by atomic mass is 9.84. The van der Waals surface area contributed by atoms with E-state index in [1.54, 1.807) is 0 Å². The van der Waals surface area contributed by atoms with E-state index in [9.17, 15) is 22.7 Å². The Balaban J connectivity index is 2.20. The van der Waals surface area contributed by atoms with Gasteiger partial charge in [-0.3, -0.25) is 0 Å². The van der Waals surface area contributed by atoms with E-state index >= 15 is 0 Å². The molecule has 1 fully saturated rings. The summed E-state index contributed by atoms with van der Waals surface area (Å²) >= 11 is 0. The molecule has 2 rings (SSSR count). The van der Waals surface area contributed by atoms with Crippen LogP contribution in [-0.4, -0.2) is 36.0 Å². The fourth-order valence-corrected chi connectivity index (χ4v) is 2.81. The number of benzene rings is 1. The molecular formula is C15H19F4NO2. The number of aliphatic hydroxyl groups is 1. The normalized spacial score (nSPS) is 19.2. The maximum Gasteiger partial charge on any atom is 0.573 e. The number of piperidine rings is 1. The van der Waals surface area contributed by atoms with Gasteiger partial charge in [0, 0.05) is 18.7 Å². The van der Waals surface area contributed by atoms with Crippen LogP contribution in [0.2, 0.25) is 0 Å². The van der Waals surface area contributed by atoms with Crippen molar-refractivity contribution in [3.63, 3.8) is 0 Å². The molecule has 22 heavy (non-hydrogen) atoms. The van der Waals surface area contributed by atoms with Gasteiger partial charge >= 0.3 is 6.36 Å². The SMILES string of the molecule is CCCN1CCC(O)(c2cccc(OC(F)(F)F)c2F)CC1. The summed E-state index contributed by atoms with van der Waals surface area (Å²) in [5, 5.41) is 10.6. The molecule has 0 spiro atoms. The van der Waals surface area contributed by atoms with Crippen molar-refractivity contribution >= 4 is 0 Å². The number of hydrogen-bond acceptors (Lipinski definition) is 3. The molecule has 1 heterocycles. The van der Waals surface area contributed by atoms with Gasteiger partial charge in [-0.2, -0.15) is 0 Å². The highest BCUT2D eigenvalue weighted by atomic mass is 19.4. The summed E-state index contributed by atoms with van der Waals surface area (Å²) < 4.78 is 54.8. The third-order valence-corrected chi connectivity index (χ3v) is 3.91. The standard InChI is InChI=1S/C15H19F4NO2/c1-2-8-20-9-6-14(21,7-10-20)11-4-3-5-12(13(11)16)22-15(17,18)19/h3-5,21H,2,6-10H2,1H3. The molecule has 1 aliphatic heterocycles. The second-order valence-electron chi connectivity index (χ2n) is 5.54. The zero-order chi connectivity index (χ0) is 16.4. The Labute approximate surface area is 126 Å². The number of rotatable bonds is 4. The highest BCUT2D eigenvalue weighted by Crippen LogP contribution is 2.38. The molecule has 1 N–H and O–H groups in total. The van der Waals surface area contributed by atoms with E-state index in [0.717, 1.165) is 19.0 Å². The van der Waals surface area contributed by atoms with E-state index in [2.05, 4.69) is 9.64 Å². The maximum absolute atomic E-state index is 14.3. The van der Waals surface area contributed by atoms with Crippen LogP contribution in [0.1, 0.15) is 31.7 Å². The molecule has 0 radical (unpaired) electrons. The topological polar surface area (TPSA) is 32.7 Å². The van der Waals surface area contributed by atoms with Crippen molar-refractivity contribution in [2.75, 3.05) is 19.6 Å². The fourth-order valence-electron chi connectivity index (χ4n) is 2.81. The lowest BCUT2D eigenvalue weighted by Crippen LogP contribution is -2.43. The summed E-state index contributed by atoms with van der Waals surface area (Å²) in [5.41, 5.74) is -1.59. The lowest BCUT2D eigenvalue weighted by molar-refractivity contribution is -0.275. The molecule has 124 valence electrons. The van der Waals surface area contributed by atoms with Crippen molar-refractivity contribution in [3.05, 3.63) is 29.6 Å². The molecule has 1 aliphatic rings. The molecule has 0 saturated carbocycles. The highest BCUT2D eigenvalue weighted by molar-refractivity contribution is 5.35. The number of halogens is 4. The molecule has 0 atom stereocenters. The Hall–Kier alpha value is -1.34. The number of likely N-dealkylation sites (tertiary alicyclic amines) is 1. The van der Waals surface area contributed by atoms with Crippen LogP contribution in [0.4, 0.5) is 17.6 Å². The first-order chi connectivity index (χ1) is 10.2. The van der Waals surface area contributed by atoms with E-state index in [1.807, 2.05) is 6.92 Å². The molecule has 1 aromatic rings. The Morgan fingerprint density at radius 3 is 2.45 bits per heavy atom. The number of nitrogens with zero attached hydrogens (tertiary/aromatic N) is 1. The van der Waals surface area contributed by atoms with Crippen LogP contribution in [0, 0.1) is 5.82 Å². The zero-order valence-corrected chi connectivity index (χ0v) is 12.3. The third-order valence-electron chi connectivity index (χ3n) is 3.91. The van der Waals surface area contributed by atoms with Gasteiger partial charge in [-0.25, -0.2) is 4.39 Å². The molecule has 0 bridgehead atoms. The molecule has 7 heteroatoms. The fraction of sp³-hybridized carbons (Fsp3) is 0.600. The predicted molar refractivity (Wildman–Crippen MR) is 72.9 cm³/mol. The Bertz CT molecular complexity index is 511. The first-order valence-electron chi connectivity index (χ1n) is 7.24. The van der Waals surface area contributed by atoms with Gasteiger partial charge in [0.15, 0.2) is 11.6 Å². The van der Waals surface area contributed by atoms with Crippen LogP contribution in [0.25, 0.3) is 0 Å². The number of hydrogen-bond donors (Lipinski definition) is 1. The Kier molecular flexibility index (Phi) is 4.97. The smallest absolute Gasteiger partial charge is 0.403 e. The van der Waals surface area contributed by atoms with Gasteiger partial charge in [-0.15, -0.1) is 13.2 Å². The van der Waals surface area contributed by atoms with Gasteiger partial charge in [0.25, 0.3) is 0 Å². The van der Waals surface area contributed by atoms with Crippen molar-refractivity contribution in [1.29, 1.82) is 0 Å². The Morgan fingerprint density at radius 1 is 1.27 bits per heavy atom. The molecule has 0 amide bonds. The monoisotopic (exact) mass is 321 g/mol. The molecule has 3 nitrogen and oxygen atoms in total. The van der Waals surface area contributed by atoms with E-state index < -0.39 is 23.5 Å². The molecular weight excluding hydrogens is 302 g/mol. The van der Waals surface area contributed by atoms with Crippen molar-refractivity contribution in [2.45, 2.75) is 38.1 Å². The van der Waals surface area contributed by atoms with Crippen molar-refractivity contribution in [1.82, 2.24) is 4.90 Å². The lowest BCUT2D eigenvalue weighted by Gasteiger charge is -2.38. The summed E-state index contributed by atoms with van der Waals surface area (Å²) in [6, 6.07) is 3.48. The van der Waals surface area contributed by atoms with E-state index in [0.29, 0.717) is 13.1 Å². The quantitative estimate of drug-likeness (QED) is 0.863. The first kappa shape index (κ1) is 17.0. The first-order valence-corrected chi connectivity index (χ1v) is 7.24. The third kappa shape index (κ3) is 3.89. The molecule has 0 aromatic heterocycles. The average Bonchev–Trinajstić information content (AvgIpc) is 2.43. The Morgan fingerprint density at radius 2 is 1.91 bits per heavy atom. The maximum atomic E-state index is 14.3. The van der Waals surface area contributed by atoms with E-state index in [1.165, 1.54) is 12.1 Å². The van der Waals surface area contributed by atoms with Crippen LogP contribution < -0.4 is 4.74 Å². The van der Waals surface area contributed by atoms with Crippen molar-refractivity contribution < 1.29 is 27.4 Å². The van der Waals surface area contributed by atoms with Gasteiger partial charge in [-0.05, 0) is 31.9 Å². The van der Waals surface area contributed by atoms with Crippen molar-refractivity contribution in [3.8, 4) is 5.75 Å². The average molecular weight is 321 g/mol. The van der Waals surface area contributed by atoms with Crippen LogP contribution in [0.15, 0.2) is 18.2 Å². The van der Waals surface area contributed by atoms with Gasteiger partial charge in [-0.1, -0.05) is 19.1 Å². The van der Waals surface area contributed by atoms with Gasteiger partial charge < -0.3 is 14.7 Å². The minimum atomic E-state index is -4.97. The summed E-state index contributed by atoms with van der Waals surface area (Å²) in [6.45, 7) is 4.08. The summed E-state index contributed by atoms with van der Waals surface area (Å²) in [5.74, 6) is -2.05. The summed E-state index contributed by atoms with van der Waals surface area (Å²) in [4.78, 5) is 2.14. The molecule has 0 unspecified atom stereocenters. The minimum Gasteiger partial charge on any atom is -0.403 e. The zero-order valence-electron chi connectivity index (χ0n) is 12.3. The van der Waals surface area contributed by atoms with Crippen LogP contribution in [0.3, 0.4) is 0 Å². The molecule has 1 saturated heterocycles. The van der Waals surface area contributed by atoms with Crippen molar-refractivity contribution in [2.24, 2.45) is 0 Å². The predicted octanol–water partition coefficient (Wildman–Crippen LogP) is 3.42. The van der Waals surface area contributed by atoms with Crippen LogP contribution in [-0.2, 0) is 5.60 Å². The largest absolute Gasteiger partial charge is 0.573 e. The van der Waals surface area contributed by atoms with Gasteiger partial charge in [0.05, 0.1) is 5.60 Å². The van der Waals surface area contributed by atoms with Crippen LogP contribution in [0.5, 0.6) is 5.75 Å². The van der Waals surface area contributed by atoms with E-state index in [4.69, 9.17) is 0 Å². The highest BCUT2D eigenvalue weighted by Gasteiger charge is 2.38. The summed E-state index contributed by atoms with van der Waals surface area (Å²) in [6.07, 6.45) is -3.44.